The lowest BCUT2D eigenvalue weighted by molar-refractivity contribution is -0.115. The third kappa shape index (κ3) is 5.48. The number of anilines is 2. The molecule has 0 aromatic heterocycles. The largest absolute Gasteiger partial charge is 0.326 e. The van der Waals surface area contributed by atoms with Crippen LogP contribution in [0, 0.1) is 0 Å². The van der Waals surface area contributed by atoms with Crippen molar-refractivity contribution < 1.29 is 18.0 Å². The molecule has 2 aromatic carbocycles. The SMILES string of the molecule is CCC(=O)Nc1cccc(NC(=O)c2cc(S(=O)(=O)NC3CC3)c(Cl)cc2Cl)c1. The molecular weight excluding hydrogens is 437 g/mol. The summed E-state index contributed by atoms with van der Waals surface area (Å²) in [7, 11) is -3.86. The summed E-state index contributed by atoms with van der Waals surface area (Å²) in [4.78, 5) is 24.0. The number of carbonyl (C=O) groups excluding carboxylic acids is 2. The lowest BCUT2D eigenvalue weighted by Gasteiger charge is -2.12. The number of hydrogen-bond acceptors (Lipinski definition) is 4. The molecule has 2 amide bonds. The van der Waals surface area contributed by atoms with Crippen LogP contribution in [0.5, 0.6) is 0 Å². The Kier molecular flexibility index (Phi) is 6.48. The zero-order valence-corrected chi connectivity index (χ0v) is 17.8. The minimum absolute atomic E-state index is 0.0216. The number of amides is 2. The van der Waals surface area contributed by atoms with E-state index in [4.69, 9.17) is 23.2 Å². The van der Waals surface area contributed by atoms with E-state index in [1.54, 1.807) is 31.2 Å². The number of hydrogen-bond donors (Lipinski definition) is 3. The summed E-state index contributed by atoms with van der Waals surface area (Å²) >= 11 is 12.2. The molecule has 3 rings (SSSR count). The van der Waals surface area contributed by atoms with Crippen LogP contribution in [0.3, 0.4) is 0 Å². The molecule has 10 heteroatoms. The van der Waals surface area contributed by atoms with Crippen LogP contribution in [0.4, 0.5) is 11.4 Å². The highest BCUT2D eigenvalue weighted by Gasteiger charge is 2.30. The average molecular weight is 456 g/mol. The third-order valence-electron chi connectivity index (χ3n) is 4.18. The Morgan fingerprint density at radius 3 is 2.31 bits per heavy atom. The quantitative estimate of drug-likeness (QED) is 0.585. The van der Waals surface area contributed by atoms with E-state index in [2.05, 4.69) is 15.4 Å². The number of halogens is 2. The van der Waals surface area contributed by atoms with E-state index in [0.29, 0.717) is 17.8 Å². The van der Waals surface area contributed by atoms with E-state index >= 15 is 0 Å². The van der Waals surface area contributed by atoms with Crippen molar-refractivity contribution in [1.82, 2.24) is 4.72 Å². The van der Waals surface area contributed by atoms with Gasteiger partial charge in [-0.15, -0.1) is 0 Å². The van der Waals surface area contributed by atoms with Gasteiger partial charge in [0.05, 0.1) is 15.6 Å². The van der Waals surface area contributed by atoms with Gasteiger partial charge in [-0.2, -0.15) is 0 Å². The van der Waals surface area contributed by atoms with Crippen molar-refractivity contribution in [2.24, 2.45) is 0 Å². The van der Waals surface area contributed by atoms with Crippen molar-refractivity contribution in [2.45, 2.75) is 37.1 Å². The second kappa shape index (κ2) is 8.71. The third-order valence-corrected chi connectivity index (χ3v) is 6.48. The molecule has 3 N–H and O–H groups in total. The van der Waals surface area contributed by atoms with Gasteiger partial charge in [-0.25, -0.2) is 13.1 Å². The smallest absolute Gasteiger partial charge is 0.257 e. The molecule has 1 saturated carbocycles. The van der Waals surface area contributed by atoms with Crippen LogP contribution >= 0.6 is 23.2 Å². The second-order valence-corrected chi connectivity index (χ2v) is 9.09. The zero-order chi connectivity index (χ0) is 21.2. The van der Waals surface area contributed by atoms with Crippen LogP contribution in [0.2, 0.25) is 10.0 Å². The van der Waals surface area contributed by atoms with Crippen molar-refractivity contribution >= 4 is 56.4 Å². The summed E-state index contributed by atoms with van der Waals surface area (Å²) in [5.74, 6) is -0.763. The van der Waals surface area contributed by atoms with Crippen molar-refractivity contribution in [2.75, 3.05) is 10.6 Å². The highest BCUT2D eigenvalue weighted by Crippen LogP contribution is 2.31. The molecule has 1 fully saturated rings. The number of carbonyl (C=O) groups is 2. The molecule has 0 aliphatic heterocycles. The fraction of sp³-hybridized carbons (Fsp3) is 0.263. The van der Waals surface area contributed by atoms with E-state index < -0.39 is 15.9 Å². The maximum Gasteiger partial charge on any atom is 0.257 e. The van der Waals surface area contributed by atoms with Gasteiger partial charge in [0.1, 0.15) is 4.90 Å². The summed E-state index contributed by atoms with van der Waals surface area (Å²) in [5.41, 5.74) is 0.902. The van der Waals surface area contributed by atoms with E-state index in [9.17, 15) is 18.0 Å². The van der Waals surface area contributed by atoms with Gasteiger partial charge >= 0.3 is 0 Å². The van der Waals surface area contributed by atoms with Crippen molar-refractivity contribution in [3.05, 3.63) is 52.0 Å². The first-order chi connectivity index (χ1) is 13.7. The Morgan fingerprint density at radius 2 is 1.69 bits per heavy atom. The molecule has 0 saturated heterocycles. The molecule has 0 spiro atoms. The van der Waals surface area contributed by atoms with Gasteiger partial charge in [0.25, 0.3) is 5.91 Å². The first kappa shape index (κ1) is 21.6. The maximum absolute atomic E-state index is 12.7. The molecule has 0 atom stereocenters. The zero-order valence-electron chi connectivity index (χ0n) is 15.5. The van der Waals surface area contributed by atoms with Gasteiger partial charge < -0.3 is 10.6 Å². The van der Waals surface area contributed by atoms with Gasteiger partial charge in [0.2, 0.25) is 15.9 Å². The Morgan fingerprint density at radius 1 is 1.03 bits per heavy atom. The maximum atomic E-state index is 12.7. The Hall–Kier alpha value is -2.13. The molecule has 7 nitrogen and oxygen atoms in total. The van der Waals surface area contributed by atoms with Gasteiger partial charge in [-0.3, -0.25) is 9.59 Å². The lowest BCUT2D eigenvalue weighted by atomic mass is 10.2. The van der Waals surface area contributed by atoms with Crippen LogP contribution in [0.1, 0.15) is 36.5 Å². The predicted molar refractivity (Wildman–Crippen MR) is 113 cm³/mol. The molecule has 0 radical (unpaired) electrons. The molecule has 0 bridgehead atoms. The fourth-order valence-electron chi connectivity index (χ4n) is 2.52. The minimum atomic E-state index is -3.86. The van der Waals surface area contributed by atoms with Crippen LogP contribution in [-0.2, 0) is 14.8 Å². The van der Waals surface area contributed by atoms with Gasteiger partial charge in [0, 0.05) is 23.8 Å². The van der Waals surface area contributed by atoms with E-state index in [1.807, 2.05) is 0 Å². The normalized spacial score (nSPS) is 13.8. The van der Waals surface area contributed by atoms with Crippen molar-refractivity contribution in [3.63, 3.8) is 0 Å². The van der Waals surface area contributed by atoms with Crippen LogP contribution in [-0.4, -0.2) is 26.3 Å². The predicted octanol–water partition coefficient (Wildman–Crippen LogP) is 4.03. The molecule has 154 valence electrons. The number of rotatable bonds is 7. The highest BCUT2D eigenvalue weighted by atomic mass is 35.5. The van der Waals surface area contributed by atoms with Crippen LogP contribution in [0.15, 0.2) is 41.3 Å². The standard InChI is InChI=1S/C19H19Cl2N3O4S/c1-2-18(25)22-12-4-3-5-13(8-12)23-19(26)14-9-17(16(21)10-15(14)20)29(27,28)24-11-6-7-11/h3-5,8-11,24H,2,6-7H2,1H3,(H,22,25)(H,23,26). The minimum Gasteiger partial charge on any atom is -0.326 e. The van der Waals surface area contributed by atoms with E-state index in [1.165, 1.54) is 6.07 Å². The van der Waals surface area contributed by atoms with Crippen LogP contribution in [0.25, 0.3) is 0 Å². The fourth-order valence-corrected chi connectivity index (χ4v) is 4.68. The Labute approximate surface area is 178 Å². The van der Waals surface area contributed by atoms with Crippen molar-refractivity contribution in [3.8, 4) is 0 Å². The molecule has 0 heterocycles. The Balaban J connectivity index is 1.85. The topological polar surface area (TPSA) is 104 Å². The van der Waals surface area contributed by atoms with E-state index in [0.717, 1.165) is 18.9 Å². The number of nitrogens with one attached hydrogen (secondary N) is 3. The second-order valence-electron chi connectivity index (χ2n) is 6.59. The summed E-state index contributed by atoms with van der Waals surface area (Å²) in [6.45, 7) is 1.73. The monoisotopic (exact) mass is 455 g/mol. The summed E-state index contributed by atoms with van der Waals surface area (Å²) in [5, 5.41) is 5.30. The Bertz CT molecular complexity index is 1070. The average Bonchev–Trinajstić information content (AvgIpc) is 3.44. The van der Waals surface area contributed by atoms with E-state index in [-0.39, 0.29) is 32.5 Å². The summed E-state index contributed by atoms with van der Waals surface area (Å²) < 4.78 is 27.6. The lowest BCUT2D eigenvalue weighted by Crippen LogP contribution is -2.26. The van der Waals surface area contributed by atoms with Gasteiger partial charge in [-0.05, 0) is 43.2 Å². The van der Waals surface area contributed by atoms with Gasteiger partial charge in [0.15, 0.2) is 0 Å². The molecule has 1 aliphatic rings. The molecular formula is C19H19Cl2N3O4S. The molecule has 0 unspecified atom stereocenters. The molecule has 29 heavy (non-hydrogen) atoms. The summed E-state index contributed by atoms with van der Waals surface area (Å²) in [6.07, 6.45) is 1.86. The molecule has 1 aliphatic carbocycles. The van der Waals surface area contributed by atoms with Crippen LogP contribution < -0.4 is 15.4 Å². The first-order valence-electron chi connectivity index (χ1n) is 8.92. The molecule has 2 aromatic rings. The highest BCUT2D eigenvalue weighted by molar-refractivity contribution is 7.89. The first-order valence-corrected chi connectivity index (χ1v) is 11.2. The van der Waals surface area contributed by atoms with Crippen molar-refractivity contribution in [1.29, 1.82) is 0 Å². The number of sulfonamides is 1. The van der Waals surface area contributed by atoms with Gasteiger partial charge in [-0.1, -0.05) is 36.2 Å². The number of benzene rings is 2. The summed E-state index contributed by atoms with van der Waals surface area (Å²) in [6, 6.07) is 8.86.